The van der Waals surface area contributed by atoms with Gasteiger partial charge < -0.3 is 24.8 Å². The Bertz CT molecular complexity index is 966. The smallest absolute Gasteiger partial charge is 0.410 e. The number of aryl methyl sites for hydroxylation is 1. The topological polar surface area (TPSA) is 112 Å². The van der Waals surface area contributed by atoms with Crippen molar-refractivity contribution in [3.05, 3.63) is 45.8 Å². The van der Waals surface area contributed by atoms with Crippen LogP contribution in [0.2, 0.25) is 0 Å². The van der Waals surface area contributed by atoms with Crippen molar-refractivity contribution in [2.45, 2.75) is 25.8 Å². The van der Waals surface area contributed by atoms with E-state index in [4.69, 9.17) is 14.6 Å². The van der Waals surface area contributed by atoms with Crippen molar-refractivity contribution in [1.82, 2.24) is 4.90 Å². The minimum atomic E-state index is -0.495. The van der Waals surface area contributed by atoms with E-state index in [1.807, 2.05) is 24.3 Å². The summed E-state index contributed by atoms with van der Waals surface area (Å²) < 4.78 is 10.2. The van der Waals surface area contributed by atoms with Gasteiger partial charge in [-0.05, 0) is 36.1 Å². The van der Waals surface area contributed by atoms with Crippen LogP contribution in [0.15, 0.2) is 24.3 Å². The Morgan fingerprint density at radius 2 is 2.23 bits per heavy atom. The number of hydrogen-bond donors (Lipinski definition) is 2. The van der Waals surface area contributed by atoms with Gasteiger partial charge in [0, 0.05) is 17.8 Å². The van der Waals surface area contributed by atoms with Crippen LogP contribution in [0.3, 0.4) is 0 Å². The Hall–Kier alpha value is -3.09. The number of carbonyl (C=O) groups excluding carboxylic acids is 2. The zero-order chi connectivity index (χ0) is 21.5. The van der Waals surface area contributed by atoms with Crippen molar-refractivity contribution in [1.29, 1.82) is 5.26 Å². The van der Waals surface area contributed by atoms with Gasteiger partial charge in [-0.15, -0.1) is 11.3 Å². The van der Waals surface area contributed by atoms with Crippen LogP contribution in [0.4, 0.5) is 9.80 Å². The first-order valence-corrected chi connectivity index (χ1v) is 10.4. The van der Waals surface area contributed by atoms with E-state index in [1.165, 1.54) is 16.2 Å². The summed E-state index contributed by atoms with van der Waals surface area (Å²) in [6, 6.07) is 9.74. The standard InChI is InChI=1S/C21H23N3O5S/c1-28-15-4-2-3-14(11-15)5-6-19(26)23-20-17(12-22)16-7-8-24(13-18(16)30-20)21(27)29-10-9-25/h2-4,11,25H,5-10,13H2,1H3,(H,23,26). The van der Waals surface area contributed by atoms with Gasteiger partial charge in [-0.2, -0.15) is 5.26 Å². The second-order valence-electron chi connectivity index (χ2n) is 6.73. The van der Waals surface area contributed by atoms with Gasteiger partial charge in [-0.25, -0.2) is 4.79 Å². The number of ether oxygens (including phenoxy) is 2. The molecule has 158 valence electrons. The van der Waals surface area contributed by atoms with E-state index in [1.54, 1.807) is 7.11 Å². The van der Waals surface area contributed by atoms with Crippen LogP contribution in [-0.4, -0.2) is 48.9 Å². The molecule has 1 aromatic carbocycles. The highest BCUT2D eigenvalue weighted by atomic mass is 32.1. The molecule has 0 bridgehead atoms. The number of aliphatic hydroxyl groups excluding tert-OH is 1. The molecule has 1 aliphatic heterocycles. The molecule has 0 spiro atoms. The number of amides is 2. The van der Waals surface area contributed by atoms with E-state index < -0.39 is 6.09 Å². The number of fused-ring (bicyclic) bond motifs is 1. The lowest BCUT2D eigenvalue weighted by Gasteiger charge is -2.26. The third-order valence-electron chi connectivity index (χ3n) is 4.77. The summed E-state index contributed by atoms with van der Waals surface area (Å²) >= 11 is 1.31. The lowest BCUT2D eigenvalue weighted by molar-refractivity contribution is -0.116. The number of nitriles is 1. The summed E-state index contributed by atoms with van der Waals surface area (Å²) in [4.78, 5) is 26.9. The number of thiophene rings is 1. The summed E-state index contributed by atoms with van der Waals surface area (Å²) in [5.41, 5.74) is 2.33. The van der Waals surface area contributed by atoms with E-state index in [0.29, 0.717) is 36.5 Å². The summed E-state index contributed by atoms with van der Waals surface area (Å²) in [6.45, 7) is 0.462. The summed E-state index contributed by atoms with van der Waals surface area (Å²) in [5.74, 6) is 0.569. The van der Waals surface area contributed by atoms with E-state index in [0.717, 1.165) is 21.8 Å². The molecule has 30 heavy (non-hydrogen) atoms. The number of nitrogens with zero attached hydrogens (tertiary/aromatic N) is 2. The second-order valence-corrected chi connectivity index (χ2v) is 7.83. The molecule has 8 nitrogen and oxygen atoms in total. The van der Waals surface area contributed by atoms with E-state index in [9.17, 15) is 14.9 Å². The van der Waals surface area contributed by atoms with Gasteiger partial charge in [0.25, 0.3) is 0 Å². The number of methoxy groups -OCH3 is 1. The number of hydrogen-bond acceptors (Lipinski definition) is 7. The first-order chi connectivity index (χ1) is 14.5. The van der Waals surface area contributed by atoms with E-state index in [2.05, 4.69) is 11.4 Å². The maximum Gasteiger partial charge on any atom is 0.410 e. The van der Waals surface area contributed by atoms with Crippen LogP contribution in [-0.2, 0) is 28.9 Å². The normalized spacial score (nSPS) is 12.6. The summed E-state index contributed by atoms with van der Waals surface area (Å²) in [7, 11) is 1.60. The molecule has 0 unspecified atom stereocenters. The molecule has 0 atom stereocenters. The number of nitrogens with one attached hydrogen (secondary N) is 1. The van der Waals surface area contributed by atoms with E-state index >= 15 is 0 Å². The number of rotatable bonds is 7. The molecule has 1 aromatic heterocycles. The number of anilines is 1. The largest absolute Gasteiger partial charge is 0.497 e. The van der Waals surface area contributed by atoms with Gasteiger partial charge in [0.1, 0.15) is 23.4 Å². The third-order valence-corrected chi connectivity index (χ3v) is 5.90. The molecule has 2 N–H and O–H groups in total. The lowest BCUT2D eigenvalue weighted by atomic mass is 10.0. The predicted octanol–water partition coefficient (Wildman–Crippen LogP) is 2.69. The molecule has 2 aromatic rings. The Balaban J connectivity index is 1.64. The SMILES string of the molecule is COc1cccc(CCC(=O)Nc2sc3c(c2C#N)CCN(C(=O)OCCO)C3)c1. The zero-order valence-electron chi connectivity index (χ0n) is 16.6. The molecule has 2 amide bonds. The number of benzene rings is 1. The fourth-order valence-electron chi connectivity index (χ4n) is 3.26. The van der Waals surface area contributed by atoms with Gasteiger partial charge in [-0.3, -0.25) is 4.79 Å². The fraction of sp³-hybridized carbons (Fsp3) is 0.381. The highest BCUT2D eigenvalue weighted by Crippen LogP contribution is 2.37. The Morgan fingerprint density at radius 1 is 1.40 bits per heavy atom. The van der Waals surface area contributed by atoms with Crippen molar-refractivity contribution in [2.24, 2.45) is 0 Å². The van der Waals surface area contributed by atoms with Crippen LogP contribution in [0.5, 0.6) is 5.75 Å². The lowest BCUT2D eigenvalue weighted by Crippen LogP contribution is -2.36. The van der Waals surface area contributed by atoms with Crippen LogP contribution in [0.1, 0.15) is 28.0 Å². The van der Waals surface area contributed by atoms with Crippen LogP contribution >= 0.6 is 11.3 Å². The number of carbonyl (C=O) groups is 2. The van der Waals surface area contributed by atoms with Gasteiger partial charge >= 0.3 is 6.09 Å². The molecule has 0 saturated heterocycles. The van der Waals surface area contributed by atoms with E-state index in [-0.39, 0.29) is 25.5 Å². The molecule has 0 saturated carbocycles. The summed E-state index contributed by atoms with van der Waals surface area (Å²) in [5, 5.41) is 21.8. The molecule has 0 aliphatic carbocycles. The minimum absolute atomic E-state index is 0.0509. The molecule has 2 heterocycles. The summed E-state index contributed by atoms with van der Waals surface area (Å²) in [6.07, 6.45) is 0.856. The van der Waals surface area contributed by atoms with Crippen LogP contribution < -0.4 is 10.1 Å². The van der Waals surface area contributed by atoms with Crippen molar-refractivity contribution >= 4 is 28.3 Å². The van der Waals surface area contributed by atoms with Gasteiger partial charge in [0.15, 0.2) is 0 Å². The number of aliphatic hydroxyl groups is 1. The van der Waals surface area contributed by atoms with Crippen molar-refractivity contribution in [3.63, 3.8) is 0 Å². The molecule has 3 rings (SSSR count). The molecule has 0 fully saturated rings. The molecule has 9 heteroatoms. The monoisotopic (exact) mass is 429 g/mol. The highest BCUT2D eigenvalue weighted by Gasteiger charge is 2.28. The first-order valence-electron chi connectivity index (χ1n) is 9.55. The fourth-order valence-corrected chi connectivity index (χ4v) is 4.49. The molecule has 0 radical (unpaired) electrons. The average molecular weight is 429 g/mol. The first kappa shape index (κ1) is 21.6. The van der Waals surface area contributed by atoms with Crippen molar-refractivity contribution in [2.75, 3.05) is 32.2 Å². The average Bonchev–Trinajstić information content (AvgIpc) is 3.12. The molecule has 1 aliphatic rings. The maximum absolute atomic E-state index is 12.5. The highest BCUT2D eigenvalue weighted by molar-refractivity contribution is 7.16. The zero-order valence-corrected chi connectivity index (χ0v) is 17.5. The van der Waals surface area contributed by atoms with Gasteiger partial charge in [-0.1, -0.05) is 12.1 Å². The third kappa shape index (κ3) is 5.09. The Labute approximate surface area is 178 Å². The van der Waals surface area contributed by atoms with Crippen molar-refractivity contribution < 1.29 is 24.2 Å². The van der Waals surface area contributed by atoms with Crippen molar-refractivity contribution in [3.8, 4) is 11.8 Å². The van der Waals surface area contributed by atoms with Crippen LogP contribution in [0.25, 0.3) is 0 Å². The Morgan fingerprint density at radius 3 is 2.97 bits per heavy atom. The molecular formula is C21H23N3O5S. The minimum Gasteiger partial charge on any atom is -0.497 e. The quantitative estimate of drug-likeness (QED) is 0.700. The maximum atomic E-state index is 12.5. The molecular weight excluding hydrogens is 406 g/mol. The second kappa shape index (κ2) is 10.1. The van der Waals surface area contributed by atoms with Crippen LogP contribution in [0, 0.1) is 11.3 Å². The Kier molecular flexibility index (Phi) is 7.27. The van der Waals surface area contributed by atoms with Gasteiger partial charge in [0.2, 0.25) is 5.91 Å². The predicted molar refractivity (Wildman–Crippen MR) is 112 cm³/mol. The van der Waals surface area contributed by atoms with Gasteiger partial charge in [0.05, 0.1) is 25.8 Å².